The average Bonchev–Trinajstić information content (AvgIpc) is 3.23. The summed E-state index contributed by atoms with van der Waals surface area (Å²) in [5.41, 5.74) is 3.33. The van der Waals surface area contributed by atoms with Crippen LogP contribution in [0.5, 0.6) is 0 Å². The van der Waals surface area contributed by atoms with Gasteiger partial charge in [-0.25, -0.2) is 0 Å². The second-order valence-corrected chi connectivity index (χ2v) is 7.18. The normalized spacial score (nSPS) is 18.5. The van der Waals surface area contributed by atoms with Crippen LogP contribution in [0.3, 0.4) is 0 Å². The number of carbonyl (C=O) groups excluding carboxylic acids is 2. The van der Waals surface area contributed by atoms with Gasteiger partial charge in [0.2, 0.25) is 5.91 Å². The fourth-order valence-corrected chi connectivity index (χ4v) is 4.17. The minimum atomic E-state index is -0.0963. The zero-order valence-electron chi connectivity index (χ0n) is 14.6. The minimum Gasteiger partial charge on any atom is -0.459 e. The van der Waals surface area contributed by atoms with E-state index < -0.39 is 0 Å². The molecule has 0 unspecified atom stereocenters. The summed E-state index contributed by atoms with van der Waals surface area (Å²) >= 11 is 0. The van der Waals surface area contributed by atoms with Gasteiger partial charge in [0.15, 0.2) is 5.76 Å². The molecule has 0 radical (unpaired) electrons. The second kappa shape index (κ2) is 5.76. The van der Waals surface area contributed by atoms with Crippen LogP contribution >= 0.6 is 0 Å². The Morgan fingerprint density at radius 1 is 1.16 bits per heavy atom. The highest BCUT2D eigenvalue weighted by Gasteiger charge is 2.47. The summed E-state index contributed by atoms with van der Waals surface area (Å²) in [6, 6.07) is 9.73. The Morgan fingerprint density at radius 3 is 2.56 bits per heavy atom. The summed E-state index contributed by atoms with van der Waals surface area (Å²) in [6.07, 6.45) is 3.29. The number of hydrogen-bond acceptors (Lipinski definition) is 3. The molecule has 0 aliphatic carbocycles. The molecule has 5 nitrogen and oxygen atoms in total. The molecule has 2 aromatic rings. The van der Waals surface area contributed by atoms with Crippen molar-refractivity contribution < 1.29 is 14.0 Å². The van der Waals surface area contributed by atoms with Crippen LogP contribution in [-0.2, 0) is 10.2 Å². The smallest absolute Gasteiger partial charge is 0.293 e. The second-order valence-electron chi connectivity index (χ2n) is 7.18. The summed E-state index contributed by atoms with van der Waals surface area (Å²) in [6.45, 7) is 5.83. The largest absolute Gasteiger partial charge is 0.459 e. The van der Waals surface area contributed by atoms with Crippen molar-refractivity contribution in [2.45, 2.75) is 32.1 Å². The third kappa shape index (κ3) is 2.54. The van der Waals surface area contributed by atoms with Crippen molar-refractivity contribution in [3.63, 3.8) is 0 Å². The number of piperidine rings is 1. The maximum absolute atomic E-state index is 12.9. The van der Waals surface area contributed by atoms with Crippen LogP contribution in [-0.4, -0.2) is 36.3 Å². The Balaban J connectivity index is 1.70. The number of nitrogens with zero attached hydrogens (tertiary/aromatic N) is 2. The van der Waals surface area contributed by atoms with Crippen molar-refractivity contribution in [2.24, 2.45) is 0 Å². The molecule has 0 bridgehead atoms. The number of furan rings is 1. The Kier molecular flexibility index (Phi) is 3.67. The molecule has 0 saturated carbocycles. The highest BCUT2D eigenvalue weighted by molar-refractivity contribution is 6.06. The van der Waals surface area contributed by atoms with Crippen molar-refractivity contribution in [1.82, 2.24) is 4.90 Å². The minimum absolute atomic E-state index is 0.0739. The molecule has 1 aromatic carbocycles. The van der Waals surface area contributed by atoms with Gasteiger partial charge in [0, 0.05) is 37.7 Å². The van der Waals surface area contributed by atoms with Crippen molar-refractivity contribution in [2.75, 3.05) is 24.5 Å². The van der Waals surface area contributed by atoms with E-state index in [2.05, 4.69) is 13.0 Å². The number of carbonyl (C=O) groups is 2. The van der Waals surface area contributed by atoms with Crippen LogP contribution in [0.2, 0.25) is 0 Å². The predicted molar refractivity (Wildman–Crippen MR) is 94.7 cm³/mol. The summed E-state index contributed by atoms with van der Waals surface area (Å²) in [7, 11) is 0. The molecule has 4 rings (SSSR count). The number of anilines is 1. The standard InChI is InChI=1S/C20H22N2O3/c1-14-5-6-17-16(12-14)20(7-9-21(10-8-20)15(2)23)13-22(17)19(24)18-4-3-11-25-18/h3-6,11-12H,7-10,13H2,1-2H3. The zero-order chi connectivity index (χ0) is 17.6. The van der Waals surface area contributed by atoms with Crippen LogP contribution in [0.15, 0.2) is 41.0 Å². The Labute approximate surface area is 147 Å². The fraction of sp³-hybridized carbons (Fsp3) is 0.400. The van der Waals surface area contributed by atoms with Gasteiger partial charge in [0.05, 0.1) is 6.26 Å². The van der Waals surface area contributed by atoms with Crippen molar-refractivity contribution in [3.05, 3.63) is 53.5 Å². The van der Waals surface area contributed by atoms with E-state index in [1.807, 2.05) is 21.9 Å². The van der Waals surface area contributed by atoms with E-state index in [1.54, 1.807) is 19.1 Å². The van der Waals surface area contributed by atoms with E-state index in [1.165, 1.54) is 17.4 Å². The molecule has 25 heavy (non-hydrogen) atoms. The number of aryl methyl sites for hydroxylation is 1. The first-order chi connectivity index (χ1) is 12.0. The summed E-state index contributed by atoms with van der Waals surface area (Å²) in [4.78, 5) is 28.3. The SMILES string of the molecule is CC(=O)N1CCC2(CC1)CN(C(=O)c1ccco1)c1ccc(C)cc12. The maximum Gasteiger partial charge on any atom is 0.293 e. The molecule has 1 aromatic heterocycles. The molecule has 2 aliphatic rings. The summed E-state index contributed by atoms with van der Waals surface area (Å²) in [5, 5.41) is 0. The van der Waals surface area contributed by atoms with Crippen molar-refractivity contribution in [1.29, 1.82) is 0 Å². The topological polar surface area (TPSA) is 53.8 Å². The lowest BCUT2D eigenvalue weighted by Gasteiger charge is -2.39. The Hall–Kier alpha value is -2.56. The van der Waals surface area contributed by atoms with Crippen LogP contribution in [0.1, 0.15) is 41.4 Å². The monoisotopic (exact) mass is 338 g/mol. The summed E-state index contributed by atoms with van der Waals surface area (Å²) in [5.74, 6) is 0.395. The average molecular weight is 338 g/mol. The van der Waals surface area contributed by atoms with Crippen LogP contribution < -0.4 is 4.90 Å². The first-order valence-corrected chi connectivity index (χ1v) is 8.72. The highest BCUT2D eigenvalue weighted by Crippen LogP contribution is 2.47. The van der Waals surface area contributed by atoms with Crippen LogP contribution in [0, 0.1) is 6.92 Å². The first-order valence-electron chi connectivity index (χ1n) is 8.72. The molecule has 1 saturated heterocycles. The predicted octanol–water partition coefficient (Wildman–Crippen LogP) is 3.13. The van der Waals surface area contributed by atoms with Gasteiger partial charge in [-0.15, -0.1) is 0 Å². The Morgan fingerprint density at radius 2 is 1.92 bits per heavy atom. The molecule has 3 heterocycles. The van der Waals surface area contributed by atoms with Gasteiger partial charge in [-0.1, -0.05) is 17.7 Å². The lowest BCUT2D eigenvalue weighted by Crippen LogP contribution is -2.47. The van der Waals surface area contributed by atoms with Gasteiger partial charge >= 0.3 is 0 Å². The molecule has 1 fully saturated rings. The third-order valence-electron chi connectivity index (χ3n) is 5.62. The highest BCUT2D eigenvalue weighted by atomic mass is 16.3. The molecule has 130 valence electrons. The van der Waals surface area contributed by atoms with Gasteiger partial charge in [-0.3, -0.25) is 9.59 Å². The van der Waals surface area contributed by atoms with Crippen LogP contribution in [0.4, 0.5) is 5.69 Å². The quantitative estimate of drug-likeness (QED) is 0.803. The maximum atomic E-state index is 12.9. The number of likely N-dealkylation sites (tertiary alicyclic amines) is 1. The van der Waals surface area contributed by atoms with Gasteiger partial charge in [0.25, 0.3) is 5.91 Å². The van der Waals surface area contributed by atoms with E-state index in [-0.39, 0.29) is 17.2 Å². The third-order valence-corrected chi connectivity index (χ3v) is 5.62. The Bertz CT molecular complexity index is 817. The number of rotatable bonds is 1. The number of hydrogen-bond donors (Lipinski definition) is 0. The number of benzene rings is 1. The van der Waals surface area contributed by atoms with Gasteiger partial charge in [0.1, 0.15) is 0 Å². The first kappa shape index (κ1) is 15.9. The van der Waals surface area contributed by atoms with Gasteiger partial charge in [-0.05, 0) is 43.5 Å². The fourth-order valence-electron chi connectivity index (χ4n) is 4.17. The lowest BCUT2D eigenvalue weighted by atomic mass is 9.74. The van der Waals surface area contributed by atoms with Crippen molar-refractivity contribution in [3.8, 4) is 0 Å². The van der Waals surface area contributed by atoms with E-state index >= 15 is 0 Å². The molecular formula is C20H22N2O3. The zero-order valence-corrected chi connectivity index (χ0v) is 14.6. The molecular weight excluding hydrogens is 316 g/mol. The van der Waals surface area contributed by atoms with Crippen LogP contribution in [0.25, 0.3) is 0 Å². The van der Waals surface area contributed by atoms with E-state index in [0.717, 1.165) is 31.6 Å². The van der Waals surface area contributed by atoms with Gasteiger partial charge in [-0.2, -0.15) is 0 Å². The van der Waals surface area contributed by atoms with E-state index in [0.29, 0.717) is 12.3 Å². The van der Waals surface area contributed by atoms with Crippen molar-refractivity contribution >= 4 is 17.5 Å². The summed E-state index contributed by atoms with van der Waals surface area (Å²) < 4.78 is 5.33. The molecule has 2 aliphatic heterocycles. The van der Waals surface area contributed by atoms with E-state index in [4.69, 9.17) is 4.42 Å². The molecule has 2 amide bonds. The van der Waals surface area contributed by atoms with Gasteiger partial charge < -0.3 is 14.2 Å². The number of amides is 2. The lowest BCUT2D eigenvalue weighted by molar-refractivity contribution is -0.130. The molecule has 0 atom stereocenters. The number of fused-ring (bicyclic) bond motifs is 2. The molecule has 1 spiro atoms. The molecule has 0 N–H and O–H groups in total. The molecule has 5 heteroatoms. The van der Waals surface area contributed by atoms with E-state index in [9.17, 15) is 9.59 Å².